The van der Waals surface area contributed by atoms with Crippen LogP contribution in [0.3, 0.4) is 0 Å². The van der Waals surface area contributed by atoms with E-state index in [0.29, 0.717) is 5.75 Å². The van der Waals surface area contributed by atoms with Crippen LogP contribution in [0.25, 0.3) is 0 Å². The summed E-state index contributed by atoms with van der Waals surface area (Å²) in [5, 5.41) is 12.4. The number of nitrogens with one attached hydrogen (secondary N) is 1. The lowest BCUT2D eigenvalue weighted by molar-refractivity contribution is 0.415. The van der Waals surface area contributed by atoms with E-state index in [-0.39, 0.29) is 5.75 Å². The molecule has 6 heteroatoms. The third-order valence-corrected chi connectivity index (χ3v) is 4.85. The maximum atomic E-state index is 10.9. The summed E-state index contributed by atoms with van der Waals surface area (Å²) in [6, 6.07) is 2.31. The summed E-state index contributed by atoms with van der Waals surface area (Å²) in [5.74, 6) is 1.78. The number of thioether (sulfide) groups is 1. The average molecular weight is 292 g/mol. The Balaban J connectivity index is 3.72. The molecule has 18 heavy (non-hydrogen) atoms. The Bertz CT molecular complexity index is 363. The van der Waals surface area contributed by atoms with E-state index in [1.807, 2.05) is 6.92 Å². The monoisotopic (exact) mass is 292 g/mol. The molecular weight excluding hydrogens is 268 g/mol. The van der Waals surface area contributed by atoms with Crippen molar-refractivity contribution in [2.75, 3.05) is 30.1 Å². The van der Waals surface area contributed by atoms with Crippen molar-refractivity contribution in [1.82, 2.24) is 5.32 Å². The molecule has 0 rings (SSSR count). The fourth-order valence-corrected chi connectivity index (χ4v) is 3.66. The smallest absolute Gasteiger partial charge is 0.148 e. The number of sulfone groups is 1. The lowest BCUT2D eigenvalue weighted by Gasteiger charge is -2.22. The van der Waals surface area contributed by atoms with Gasteiger partial charge in [0.15, 0.2) is 0 Å². The molecule has 0 spiro atoms. The lowest BCUT2D eigenvalue weighted by Crippen LogP contribution is -2.41. The minimum Gasteiger partial charge on any atom is -0.300 e. The fourth-order valence-electron chi connectivity index (χ4n) is 1.42. The van der Waals surface area contributed by atoms with Gasteiger partial charge in [-0.2, -0.15) is 17.0 Å². The molecule has 0 bridgehead atoms. The number of nitriles is 1. The third-order valence-electron chi connectivity index (χ3n) is 2.58. The van der Waals surface area contributed by atoms with Gasteiger partial charge in [-0.3, -0.25) is 5.32 Å². The summed E-state index contributed by atoms with van der Waals surface area (Å²) in [6.45, 7) is 4.85. The molecule has 1 unspecified atom stereocenters. The Kier molecular flexibility index (Phi) is 8.66. The Morgan fingerprint density at radius 2 is 2.06 bits per heavy atom. The van der Waals surface area contributed by atoms with Gasteiger partial charge >= 0.3 is 0 Å². The molecule has 0 aromatic rings. The van der Waals surface area contributed by atoms with E-state index >= 15 is 0 Å². The first kappa shape index (κ1) is 17.8. The van der Waals surface area contributed by atoms with E-state index in [4.69, 9.17) is 5.26 Å². The van der Waals surface area contributed by atoms with Gasteiger partial charge in [0.1, 0.15) is 15.4 Å². The second-order valence-corrected chi connectivity index (χ2v) is 8.20. The quantitative estimate of drug-likeness (QED) is 0.622. The van der Waals surface area contributed by atoms with Gasteiger partial charge in [0.05, 0.1) is 11.8 Å². The van der Waals surface area contributed by atoms with Gasteiger partial charge in [0.25, 0.3) is 0 Å². The van der Waals surface area contributed by atoms with Gasteiger partial charge < -0.3 is 0 Å². The highest BCUT2D eigenvalue weighted by Crippen LogP contribution is 2.14. The topological polar surface area (TPSA) is 70.0 Å². The number of rotatable bonds is 10. The van der Waals surface area contributed by atoms with Crippen molar-refractivity contribution in [3.05, 3.63) is 0 Å². The zero-order chi connectivity index (χ0) is 14.1. The van der Waals surface area contributed by atoms with Crippen LogP contribution in [0.15, 0.2) is 0 Å². The highest BCUT2D eigenvalue weighted by Gasteiger charge is 2.21. The van der Waals surface area contributed by atoms with Gasteiger partial charge in [-0.1, -0.05) is 6.92 Å². The molecule has 0 amide bonds. The van der Waals surface area contributed by atoms with E-state index in [9.17, 15) is 8.42 Å². The first-order valence-electron chi connectivity index (χ1n) is 6.25. The van der Waals surface area contributed by atoms with Crippen LogP contribution in [0.2, 0.25) is 0 Å². The Labute approximate surface area is 115 Å². The summed E-state index contributed by atoms with van der Waals surface area (Å²) < 4.78 is 21.8. The SMILES string of the molecule is CCCNC(C)(C#N)CCCSCCS(C)(=O)=O. The van der Waals surface area contributed by atoms with Crippen LogP contribution in [-0.2, 0) is 9.84 Å². The molecule has 4 nitrogen and oxygen atoms in total. The predicted molar refractivity (Wildman–Crippen MR) is 78.6 cm³/mol. The van der Waals surface area contributed by atoms with E-state index in [1.54, 1.807) is 11.8 Å². The third kappa shape index (κ3) is 9.75. The predicted octanol–water partition coefficient (Wildman–Crippen LogP) is 1.83. The molecule has 0 aromatic heterocycles. The Hall–Kier alpha value is -0.250. The fraction of sp³-hybridized carbons (Fsp3) is 0.917. The van der Waals surface area contributed by atoms with Gasteiger partial charge in [-0.05, 0) is 38.5 Å². The minimum atomic E-state index is -2.84. The van der Waals surface area contributed by atoms with Crippen LogP contribution < -0.4 is 5.32 Å². The molecule has 0 heterocycles. The summed E-state index contributed by atoms with van der Waals surface area (Å²) in [6.07, 6.45) is 4.00. The molecule has 0 saturated heterocycles. The van der Waals surface area contributed by atoms with Crippen molar-refractivity contribution in [2.24, 2.45) is 0 Å². The molecule has 1 atom stereocenters. The molecule has 0 fully saturated rings. The molecule has 1 N–H and O–H groups in total. The summed E-state index contributed by atoms with van der Waals surface area (Å²) in [5.41, 5.74) is -0.451. The zero-order valence-corrected chi connectivity index (χ0v) is 13.2. The van der Waals surface area contributed by atoms with Crippen LogP contribution in [0.4, 0.5) is 0 Å². The standard InChI is InChI=1S/C12H24N2O2S2/c1-4-7-14-12(2,11-13)6-5-8-17-9-10-18(3,15)16/h14H,4-10H2,1-3H3. The highest BCUT2D eigenvalue weighted by molar-refractivity contribution is 8.00. The Morgan fingerprint density at radius 1 is 1.39 bits per heavy atom. The van der Waals surface area contributed by atoms with Crippen LogP contribution >= 0.6 is 11.8 Å². The number of nitrogens with zero attached hydrogens (tertiary/aromatic N) is 1. The van der Waals surface area contributed by atoms with E-state index in [1.165, 1.54) is 6.26 Å². The number of hydrogen-bond acceptors (Lipinski definition) is 5. The van der Waals surface area contributed by atoms with Gasteiger partial charge in [0, 0.05) is 12.0 Å². The number of hydrogen-bond donors (Lipinski definition) is 1. The zero-order valence-electron chi connectivity index (χ0n) is 11.5. The molecular formula is C12H24N2O2S2. The highest BCUT2D eigenvalue weighted by atomic mass is 32.2. The van der Waals surface area contributed by atoms with Crippen molar-refractivity contribution >= 4 is 21.6 Å². The maximum absolute atomic E-state index is 10.9. The van der Waals surface area contributed by atoms with Crippen LogP contribution in [-0.4, -0.2) is 44.0 Å². The van der Waals surface area contributed by atoms with E-state index in [0.717, 1.165) is 31.6 Å². The van der Waals surface area contributed by atoms with Gasteiger partial charge in [-0.25, -0.2) is 8.42 Å². The summed E-state index contributed by atoms with van der Waals surface area (Å²) in [4.78, 5) is 0. The van der Waals surface area contributed by atoms with Crippen molar-refractivity contribution in [3.8, 4) is 6.07 Å². The largest absolute Gasteiger partial charge is 0.300 e. The second kappa shape index (κ2) is 8.78. The molecule has 106 valence electrons. The molecule has 0 radical (unpaired) electrons. The van der Waals surface area contributed by atoms with Crippen molar-refractivity contribution in [2.45, 2.75) is 38.6 Å². The molecule has 0 saturated carbocycles. The van der Waals surface area contributed by atoms with Crippen molar-refractivity contribution < 1.29 is 8.42 Å². The van der Waals surface area contributed by atoms with Crippen LogP contribution in [0.1, 0.15) is 33.1 Å². The van der Waals surface area contributed by atoms with Crippen molar-refractivity contribution in [1.29, 1.82) is 5.26 Å². The molecule has 0 aliphatic rings. The van der Waals surface area contributed by atoms with E-state index in [2.05, 4.69) is 18.3 Å². The van der Waals surface area contributed by atoms with E-state index < -0.39 is 15.4 Å². The average Bonchev–Trinajstić information content (AvgIpc) is 2.30. The summed E-state index contributed by atoms with van der Waals surface area (Å²) >= 11 is 1.64. The van der Waals surface area contributed by atoms with Gasteiger partial charge in [-0.15, -0.1) is 0 Å². The maximum Gasteiger partial charge on any atom is 0.148 e. The van der Waals surface area contributed by atoms with Crippen molar-refractivity contribution in [3.63, 3.8) is 0 Å². The van der Waals surface area contributed by atoms with Crippen LogP contribution in [0.5, 0.6) is 0 Å². The van der Waals surface area contributed by atoms with Gasteiger partial charge in [0.2, 0.25) is 0 Å². The molecule has 0 aliphatic heterocycles. The normalized spacial score (nSPS) is 15.0. The van der Waals surface area contributed by atoms with Crippen LogP contribution in [0, 0.1) is 11.3 Å². The first-order valence-corrected chi connectivity index (χ1v) is 9.46. The second-order valence-electron chi connectivity index (χ2n) is 4.72. The lowest BCUT2D eigenvalue weighted by atomic mass is 9.98. The first-order chi connectivity index (χ1) is 8.33. The molecule has 0 aliphatic carbocycles. The Morgan fingerprint density at radius 3 is 2.56 bits per heavy atom. The molecule has 0 aromatic carbocycles. The minimum absolute atomic E-state index is 0.237. The summed E-state index contributed by atoms with van der Waals surface area (Å²) in [7, 11) is -2.84.